The predicted octanol–water partition coefficient (Wildman–Crippen LogP) is 4.47. The Morgan fingerprint density at radius 3 is 2.46 bits per heavy atom. The van der Waals surface area contributed by atoms with Crippen molar-refractivity contribution in [1.29, 1.82) is 0 Å². The fourth-order valence-electron chi connectivity index (χ4n) is 6.54. The van der Waals surface area contributed by atoms with E-state index in [-0.39, 0.29) is 11.8 Å². The van der Waals surface area contributed by atoms with E-state index in [1.54, 1.807) is 12.4 Å². The van der Waals surface area contributed by atoms with Gasteiger partial charge in [0.15, 0.2) is 5.82 Å². The standard InChI is InChI=1S/C35H34N10O/c1-23-18-37-34(38-19-23)25-2-4-28(5-3-25)44-12-14-45(15-13-44)32(46)22-43-11-8-26(21-43)35-39-20-27-16-31-29(17-30(27)40-35)33(42-41-31)24-6-9-36-10-7-24/h2-7,9-10,16-20,26H,8,11-15,21-22H2,1H3,(H,41,42). The molecule has 2 aliphatic heterocycles. The molecule has 0 saturated carbocycles. The van der Waals surface area contributed by atoms with Crippen LogP contribution in [-0.2, 0) is 4.79 Å². The maximum atomic E-state index is 13.3. The van der Waals surface area contributed by atoms with Gasteiger partial charge in [-0.05, 0) is 74.0 Å². The molecule has 0 radical (unpaired) electrons. The molecule has 11 nitrogen and oxygen atoms in total. The van der Waals surface area contributed by atoms with E-state index < -0.39 is 0 Å². The van der Waals surface area contributed by atoms with Crippen LogP contribution in [-0.4, -0.2) is 96.6 Å². The van der Waals surface area contributed by atoms with Gasteiger partial charge in [0, 0.05) is 97.2 Å². The molecule has 6 aromatic rings. The molecule has 8 rings (SSSR count). The predicted molar refractivity (Wildman–Crippen MR) is 177 cm³/mol. The number of aromatic nitrogens is 7. The number of rotatable bonds is 6. The van der Waals surface area contributed by atoms with Gasteiger partial charge < -0.3 is 9.80 Å². The molecule has 230 valence electrons. The Hall–Kier alpha value is -5.29. The molecular formula is C35H34N10O. The number of hydrogen-bond donors (Lipinski definition) is 1. The van der Waals surface area contributed by atoms with E-state index in [9.17, 15) is 4.79 Å². The van der Waals surface area contributed by atoms with Crippen molar-refractivity contribution in [2.75, 3.05) is 50.7 Å². The number of benzene rings is 2. The molecule has 6 heterocycles. The highest BCUT2D eigenvalue weighted by atomic mass is 16.2. The van der Waals surface area contributed by atoms with Gasteiger partial charge in [0.1, 0.15) is 11.5 Å². The van der Waals surface area contributed by atoms with Crippen molar-refractivity contribution in [1.82, 2.24) is 44.9 Å². The summed E-state index contributed by atoms with van der Waals surface area (Å²) in [5.74, 6) is 1.96. The number of amides is 1. The number of piperazine rings is 1. The van der Waals surface area contributed by atoms with Crippen LogP contribution < -0.4 is 4.90 Å². The van der Waals surface area contributed by atoms with Crippen molar-refractivity contribution in [2.24, 2.45) is 0 Å². The lowest BCUT2D eigenvalue weighted by Crippen LogP contribution is -2.51. The van der Waals surface area contributed by atoms with Gasteiger partial charge in [-0.2, -0.15) is 5.10 Å². The topological polar surface area (TPSA) is 120 Å². The average Bonchev–Trinajstić information content (AvgIpc) is 3.75. The zero-order chi connectivity index (χ0) is 31.0. The Morgan fingerprint density at radius 2 is 1.67 bits per heavy atom. The zero-order valence-corrected chi connectivity index (χ0v) is 25.7. The molecule has 4 aromatic heterocycles. The summed E-state index contributed by atoms with van der Waals surface area (Å²) in [7, 11) is 0. The summed E-state index contributed by atoms with van der Waals surface area (Å²) in [6.07, 6.45) is 10.1. The molecule has 1 amide bonds. The molecule has 1 unspecified atom stereocenters. The van der Waals surface area contributed by atoms with Gasteiger partial charge in [0.25, 0.3) is 0 Å². The lowest BCUT2D eigenvalue weighted by atomic mass is 10.1. The van der Waals surface area contributed by atoms with Gasteiger partial charge in [-0.1, -0.05) is 0 Å². The van der Waals surface area contributed by atoms with Crippen LogP contribution in [0.2, 0.25) is 0 Å². The first-order valence-electron chi connectivity index (χ1n) is 15.8. The number of carbonyl (C=O) groups is 1. The monoisotopic (exact) mass is 610 g/mol. The van der Waals surface area contributed by atoms with E-state index in [1.165, 1.54) is 0 Å². The second-order valence-corrected chi connectivity index (χ2v) is 12.2. The van der Waals surface area contributed by atoms with E-state index in [2.05, 4.69) is 71.3 Å². The number of fused-ring (bicyclic) bond motifs is 2. The quantitative estimate of drug-likeness (QED) is 0.291. The number of aryl methyl sites for hydroxylation is 1. The Bertz CT molecular complexity index is 2000. The Balaban J connectivity index is 0.877. The molecule has 0 bridgehead atoms. The fraction of sp³-hybridized carbons (Fsp3) is 0.286. The van der Waals surface area contributed by atoms with Gasteiger partial charge in [-0.15, -0.1) is 0 Å². The number of carbonyl (C=O) groups excluding carboxylic acids is 1. The van der Waals surface area contributed by atoms with Gasteiger partial charge >= 0.3 is 0 Å². The second kappa shape index (κ2) is 11.9. The molecule has 46 heavy (non-hydrogen) atoms. The van der Waals surface area contributed by atoms with Crippen molar-refractivity contribution in [3.8, 4) is 22.6 Å². The minimum atomic E-state index is 0.192. The van der Waals surface area contributed by atoms with Gasteiger partial charge in [0.2, 0.25) is 5.91 Å². The van der Waals surface area contributed by atoms with Crippen LogP contribution >= 0.6 is 0 Å². The van der Waals surface area contributed by atoms with Crippen LogP contribution in [0, 0.1) is 6.92 Å². The smallest absolute Gasteiger partial charge is 0.236 e. The van der Waals surface area contributed by atoms with Crippen molar-refractivity contribution in [3.05, 3.63) is 90.9 Å². The Kier molecular flexibility index (Phi) is 7.30. The molecule has 2 aromatic carbocycles. The number of nitrogens with zero attached hydrogens (tertiary/aromatic N) is 9. The van der Waals surface area contributed by atoms with Crippen molar-refractivity contribution < 1.29 is 4.79 Å². The minimum absolute atomic E-state index is 0.192. The number of anilines is 1. The van der Waals surface area contributed by atoms with Crippen LogP contribution in [0.5, 0.6) is 0 Å². The fourth-order valence-corrected chi connectivity index (χ4v) is 6.54. The summed E-state index contributed by atoms with van der Waals surface area (Å²) in [6.45, 7) is 7.12. The first kappa shape index (κ1) is 28.2. The number of H-pyrrole nitrogens is 1. The van der Waals surface area contributed by atoms with Crippen LogP contribution in [0.1, 0.15) is 23.7 Å². The van der Waals surface area contributed by atoms with E-state index in [1.807, 2.05) is 42.5 Å². The third kappa shape index (κ3) is 5.54. The van der Waals surface area contributed by atoms with Crippen molar-refractivity contribution in [3.63, 3.8) is 0 Å². The molecule has 2 aliphatic rings. The van der Waals surface area contributed by atoms with Gasteiger partial charge in [-0.25, -0.2) is 19.9 Å². The van der Waals surface area contributed by atoms with Crippen LogP contribution in [0.4, 0.5) is 5.69 Å². The molecule has 0 spiro atoms. The number of likely N-dealkylation sites (tertiary alicyclic amines) is 1. The second-order valence-electron chi connectivity index (χ2n) is 12.2. The lowest BCUT2D eigenvalue weighted by Gasteiger charge is -2.36. The SMILES string of the molecule is Cc1cnc(-c2ccc(N3CCN(C(=O)CN4CCC(c5ncc6cc7[nH]nc(-c8ccncc8)c7cc6n5)C4)CC3)cc2)nc1. The molecule has 1 atom stereocenters. The normalized spacial score (nSPS) is 17.3. The summed E-state index contributed by atoms with van der Waals surface area (Å²) in [4.78, 5) is 42.6. The number of hydrogen-bond acceptors (Lipinski definition) is 9. The van der Waals surface area contributed by atoms with Crippen LogP contribution in [0.3, 0.4) is 0 Å². The van der Waals surface area contributed by atoms with Crippen LogP contribution in [0.15, 0.2) is 79.5 Å². The number of pyridine rings is 1. The summed E-state index contributed by atoms with van der Waals surface area (Å²) >= 11 is 0. The highest BCUT2D eigenvalue weighted by molar-refractivity contribution is 6.01. The molecule has 1 N–H and O–H groups in total. The summed E-state index contributed by atoms with van der Waals surface area (Å²) in [5.41, 5.74) is 6.95. The lowest BCUT2D eigenvalue weighted by molar-refractivity contribution is -0.132. The third-order valence-electron chi connectivity index (χ3n) is 9.14. The first-order chi connectivity index (χ1) is 22.6. The zero-order valence-electron chi connectivity index (χ0n) is 25.7. The largest absolute Gasteiger partial charge is 0.368 e. The van der Waals surface area contributed by atoms with E-state index in [0.29, 0.717) is 6.54 Å². The van der Waals surface area contributed by atoms with Gasteiger partial charge in [0.05, 0.1) is 17.6 Å². The highest BCUT2D eigenvalue weighted by Crippen LogP contribution is 2.31. The minimum Gasteiger partial charge on any atom is -0.368 e. The number of aromatic amines is 1. The Morgan fingerprint density at radius 1 is 0.891 bits per heavy atom. The molecular weight excluding hydrogens is 576 g/mol. The van der Waals surface area contributed by atoms with Crippen molar-refractivity contribution in [2.45, 2.75) is 19.3 Å². The summed E-state index contributed by atoms with van der Waals surface area (Å²) in [6, 6.07) is 16.4. The van der Waals surface area contributed by atoms with E-state index in [4.69, 9.17) is 9.97 Å². The average molecular weight is 611 g/mol. The van der Waals surface area contributed by atoms with E-state index in [0.717, 1.165) is 107 Å². The maximum Gasteiger partial charge on any atom is 0.236 e. The van der Waals surface area contributed by atoms with Crippen LogP contribution in [0.25, 0.3) is 44.5 Å². The molecule has 0 aliphatic carbocycles. The molecule has 2 fully saturated rings. The van der Waals surface area contributed by atoms with Gasteiger partial charge in [-0.3, -0.25) is 19.8 Å². The Labute approximate surface area is 266 Å². The third-order valence-corrected chi connectivity index (χ3v) is 9.14. The molecule has 2 saturated heterocycles. The summed E-state index contributed by atoms with van der Waals surface area (Å²) in [5, 5.41) is 9.69. The molecule has 11 heteroatoms. The maximum absolute atomic E-state index is 13.3. The van der Waals surface area contributed by atoms with Crippen molar-refractivity contribution >= 4 is 33.4 Å². The highest BCUT2D eigenvalue weighted by Gasteiger charge is 2.30. The first-order valence-corrected chi connectivity index (χ1v) is 15.8. The summed E-state index contributed by atoms with van der Waals surface area (Å²) < 4.78 is 0. The number of nitrogens with one attached hydrogen (secondary N) is 1. The van der Waals surface area contributed by atoms with E-state index >= 15 is 0 Å².